The number of anilines is 1. The van der Waals surface area contributed by atoms with E-state index in [0.717, 1.165) is 34.4 Å². The van der Waals surface area contributed by atoms with Crippen LogP contribution in [0.2, 0.25) is 0 Å². The molecule has 3 saturated carbocycles. The molecule has 4 aliphatic rings. The smallest absolute Gasteiger partial charge is 0.251 e. The zero-order chi connectivity index (χ0) is 40.5. The van der Waals surface area contributed by atoms with E-state index in [-0.39, 0.29) is 42.5 Å². The molecule has 2 heterocycles. The Morgan fingerprint density at radius 1 is 1.11 bits per heavy atom. The second kappa shape index (κ2) is 17.2. The first-order valence-corrected chi connectivity index (χ1v) is 20.0. The highest BCUT2D eigenvalue weighted by Crippen LogP contribution is 2.61. The molecule has 56 heavy (non-hydrogen) atoms. The Kier molecular flexibility index (Phi) is 12.8. The summed E-state index contributed by atoms with van der Waals surface area (Å²) in [5.41, 5.74) is 4.99. The number of aliphatic hydroxyl groups is 2. The van der Waals surface area contributed by atoms with Crippen molar-refractivity contribution in [2.24, 2.45) is 29.1 Å². The van der Waals surface area contributed by atoms with Crippen LogP contribution in [-0.2, 0) is 22.6 Å². The maximum absolute atomic E-state index is 14.3. The number of carbonyl (C=O) groups excluding carboxylic acids is 2. The number of nitrogens with one attached hydrogen (secondary N) is 2. The van der Waals surface area contributed by atoms with Crippen molar-refractivity contribution in [3.63, 3.8) is 0 Å². The molecule has 1 saturated heterocycles. The quantitative estimate of drug-likeness (QED) is 0.176. The van der Waals surface area contributed by atoms with Gasteiger partial charge in [0.15, 0.2) is 0 Å². The third kappa shape index (κ3) is 8.60. The van der Waals surface area contributed by atoms with Gasteiger partial charge in [-0.2, -0.15) is 5.06 Å². The van der Waals surface area contributed by atoms with Gasteiger partial charge in [-0.3, -0.25) is 19.4 Å². The minimum absolute atomic E-state index is 0.0330. The molecule has 2 aromatic carbocycles. The van der Waals surface area contributed by atoms with Crippen molar-refractivity contribution in [3.05, 3.63) is 77.6 Å². The monoisotopic (exact) mass is 770 g/mol. The first-order chi connectivity index (χ1) is 26.6. The lowest BCUT2D eigenvalue weighted by molar-refractivity contribution is -0.183. The lowest BCUT2D eigenvalue weighted by atomic mass is 9.45. The Morgan fingerprint density at radius 2 is 1.88 bits per heavy atom. The van der Waals surface area contributed by atoms with Crippen molar-refractivity contribution in [2.45, 2.75) is 83.8 Å². The third-order valence-electron chi connectivity index (χ3n) is 12.8. The summed E-state index contributed by atoms with van der Waals surface area (Å²) in [7, 11) is 9.47. The molecule has 2 bridgehead atoms. The molecule has 3 aromatic rings. The number of rotatable bonds is 15. The van der Waals surface area contributed by atoms with Crippen molar-refractivity contribution < 1.29 is 29.4 Å². The molecule has 4 fully saturated rings. The first kappa shape index (κ1) is 41.6. The van der Waals surface area contributed by atoms with E-state index in [0.29, 0.717) is 42.0 Å². The average Bonchev–Trinajstić information content (AvgIpc) is 3.53. The van der Waals surface area contributed by atoms with Gasteiger partial charge in [-0.05, 0) is 98.8 Å². The van der Waals surface area contributed by atoms with Crippen LogP contribution >= 0.6 is 0 Å². The zero-order valence-electron chi connectivity index (χ0n) is 34.5. The highest BCUT2D eigenvalue weighted by atomic mass is 16.7. The number of amides is 2. The summed E-state index contributed by atoms with van der Waals surface area (Å²) in [6.07, 6.45) is 4.67. The van der Waals surface area contributed by atoms with Gasteiger partial charge in [0.25, 0.3) is 5.91 Å². The maximum atomic E-state index is 14.3. The number of fused-ring (bicyclic) bond motifs is 2. The number of likely N-dealkylation sites (N-methyl/N-ethyl adjacent to an activating group) is 1. The maximum Gasteiger partial charge on any atom is 0.251 e. The van der Waals surface area contributed by atoms with Gasteiger partial charge in [0, 0.05) is 73.4 Å². The number of ether oxygens (including phenoxy) is 1. The molecular weight excluding hydrogens is 709 g/mol. The molecular formula is C44H62N6O6. The number of methoxy groups -OCH3 is 1. The van der Waals surface area contributed by atoms with Gasteiger partial charge in [-0.1, -0.05) is 45.0 Å². The minimum Gasteiger partial charge on any atom is -0.496 e. The molecule has 12 heteroatoms. The molecule has 7 rings (SSSR count). The van der Waals surface area contributed by atoms with Crippen LogP contribution in [-0.4, -0.2) is 116 Å². The van der Waals surface area contributed by atoms with Gasteiger partial charge in [-0.25, -0.2) is 0 Å². The number of aliphatic hydroxyl groups excluding tert-OH is 2. The second-order valence-electron chi connectivity index (χ2n) is 17.4. The molecule has 3 aliphatic carbocycles. The fraction of sp³-hybridized carbons (Fsp3) is 0.568. The Morgan fingerprint density at radius 3 is 2.48 bits per heavy atom. The number of carbonyl (C=O) groups is 2. The Labute approximate surface area is 332 Å². The van der Waals surface area contributed by atoms with E-state index in [1.54, 1.807) is 25.3 Å². The highest BCUT2D eigenvalue weighted by molar-refractivity contribution is 5.97. The van der Waals surface area contributed by atoms with Crippen LogP contribution in [0.1, 0.15) is 62.0 Å². The molecule has 0 unspecified atom stereocenters. The van der Waals surface area contributed by atoms with Crippen LogP contribution in [0, 0.1) is 29.1 Å². The number of benzene rings is 2. The van der Waals surface area contributed by atoms with Gasteiger partial charge in [0.1, 0.15) is 17.9 Å². The van der Waals surface area contributed by atoms with E-state index >= 15 is 0 Å². The topological polar surface area (TPSA) is 140 Å². The SMILES string of the molecule is COc1c(CN2O[C@@H](CO)[C@H]([C@H](C)O)[C@H]2C(=O)N[C@H]2C[C@H]3C[C@@H]([C@@H]2C)C3(C)C)cccc1-c1cc(C(=O)N[C@@H](Cc2cccnc2)CN(C)C)cc(N(C)C)c1. The molecule has 0 spiro atoms. The van der Waals surface area contributed by atoms with Crippen LogP contribution < -0.4 is 20.3 Å². The van der Waals surface area contributed by atoms with Crippen molar-refractivity contribution in [2.75, 3.05) is 53.4 Å². The van der Waals surface area contributed by atoms with Crippen LogP contribution in [0.4, 0.5) is 5.69 Å². The molecule has 0 radical (unpaired) electrons. The fourth-order valence-electron chi connectivity index (χ4n) is 9.66. The van der Waals surface area contributed by atoms with E-state index in [2.05, 4.69) is 41.3 Å². The standard InChI is InChI=1S/C44H62N6O6/c1-26-36-20-32(44(36,3)4)21-37(26)47-43(54)40-39(27(2)52)38(25-51)56-50(40)23-29-13-10-14-35(41(29)55-9)30-17-31(19-34(18-30)49(7)8)42(53)46-33(24-48(5)6)16-28-12-11-15-45-22-28/h10-15,17-19,22,26-27,32-33,36-40,51-52H,16,20-21,23-25H2,1-9H3,(H,46,53)(H,47,54)/t26-,27-,32+,33-,36-,37-,38-,39-,40-/m0/s1. The minimum atomic E-state index is -0.905. The van der Waals surface area contributed by atoms with E-state index in [1.807, 2.05) is 87.8 Å². The summed E-state index contributed by atoms with van der Waals surface area (Å²) >= 11 is 0. The Bertz CT molecular complexity index is 1840. The summed E-state index contributed by atoms with van der Waals surface area (Å²) in [5.74, 6) is 0.982. The number of aromatic nitrogens is 1. The number of hydrogen-bond acceptors (Lipinski definition) is 10. The molecule has 12 nitrogen and oxygen atoms in total. The van der Waals surface area contributed by atoms with Crippen LogP contribution in [0.15, 0.2) is 60.9 Å². The van der Waals surface area contributed by atoms with E-state index in [9.17, 15) is 19.8 Å². The lowest BCUT2D eigenvalue weighted by Gasteiger charge is -2.62. The molecule has 1 aromatic heterocycles. The zero-order valence-corrected chi connectivity index (χ0v) is 34.5. The number of hydroxylamine groups is 2. The average molecular weight is 771 g/mol. The van der Waals surface area contributed by atoms with Gasteiger partial charge in [-0.15, -0.1) is 0 Å². The van der Waals surface area contributed by atoms with Crippen molar-refractivity contribution in [1.82, 2.24) is 25.6 Å². The summed E-state index contributed by atoms with van der Waals surface area (Å²) in [5, 5.41) is 29.6. The van der Waals surface area contributed by atoms with Gasteiger partial charge >= 0.3 is 0 Å². The van der Waals surface area contributed by atoms with Crippen LogP contribution in [0.5, 0.6) is 5.75 Å². The summed E-state index contributed by atoms with van der Waals surface area (Å²) in [4.78, 5) is 42.9. The summed E-state index contributed by atoms with van der Waals surface area (Å²) in [6.45, 7) is 9.03. The lowest BCUT2D eigenvalue weighted by Crippen LogP contribution is -2.62. The number of pyridine rings is 1. The number of nitrogens with zero attached hydrogens (tertiary/aromatic N) is 4. The first-order valence-electron chi connectivity index (χ1n) is 20.0. The predicted octanol–water partition coefficient (Wildman–Crippen LogP) is 4.39. The van der Waals surface area contributed by atoms with E-state index < -0.39 is 24.2 Å². The van der Waals surface area contributed by atoms with Crippen molar-refractivity contribution in [1.29, 1.82) is 0 Å². The fourth-order valence-corrected chi connectivity index (χ4v) is 9.66. The van der Waals surface area contributed by atoms with Crippen LogP contribution in [0.25, 0.3) is 11.1 Å². The third-order valence-corrected chi connectivity index (χ3v) is 12.8. The Balaban J connectivity index is 1.28. The molecule has 2 amide bonds. The summed E-state index contributed by atoms with van der Waals surface area (Å²) < 4.78 is 6.10. The van der Waals surface area contributed by atoms with Gasteiger partial charge in [0.05, 0.1) is 26.4 Å². The number of hydrogen-bond donors (Lipinski definition) is 4. The van der Waals surface area contributed by atoms with Crippen molar-refractivity contribution in [3.8, 4) is 16.9 Å². The van der Waals surface area contributed by atoms with Gasteiger partial charge in [0.2, 0.25) is 5.91 Å². The summed E-state index contributed by atoms with van der Waals surface area (Å²) in [6, 6.07) is 14.6. The predicted molar refractivity (Wildman–Crippen MR) is 218 cm³/mol. The molecule has 9 atom stereocenters. The normalized spacial score (nSPS) is 26.6. The van der Waals surface area contributed by atoms with E-state index in [1.165, 1.54) is 6.42 Å². The molecule has 4 N–H and O–H groups in total. The van der Waals surface area contributed by atoms with Crippen molar-refractivity contribution >= 4 is 17.5 Å². The highest BCUT2D eigenvalue weighted by Gasteiger charge is 2.57. The molecule has 304 valence electrons. The van der Waals surface area contributed by atoms with Crippen LogP contribution in [0.3, 0.4) is 0 Å². The molecule has 1 aliphatic heterocycles. The Hall–Kier alpha value is -4.07. The second-order valence-corrected chi connectivity index (χ2v) is 17.4. The van der Waals surface area contributed by atoms with E-state index in [4.69, 9.17) is 9.57 Å². The largest absolute Gasteiger partial charge is 0.496 e. The van der Waals surface area contributed by atoms with Gasteiger partial charge < -0.3 is 35.4 Å². The number of para-hydroxylation sites is 1.